The molecule has 5 rings (SSSR count). The highest BCUT2D eigenvalue weighted by atomic mass is 19.3. The van der Waals surface area contributed by atoms with E-state index >= 15 is 0 Å². The zero-order valence-electron chi connectivity index (χ0n) is 20.7. The number of aromatic nitrogens is 2. The van der Waals surface area contributed by atoms with Gasteiger partial charge in [-0.3, -0.25) is 14.6 Å². The van der Waals surface area contributed by atoms with Crippen molar-refractivity contribution in [3.63, 3.8) is 0 Å². The first kappa shape index (κ1) is 25.4. The standard InChI is InChI=1S/C29H28F2N4O3/c30-27(31)38-22-11-12-23-24(17-22)33-28(34-25(23)36)35-15-13-29(14-16-35,18-20-7-3-1-4-8-20)26(37)32-19-21-9-5-2-6-10-21/h1-12,17,27H,13-16,18-19H2,(H,32,37)(H,33,34,36). The number of halogens is 2. The van der Waals surface area contributed by atoms with E-state index in [9.17, 15) is 18.4 Å². The second-order valence-corrected chi connectivity index (χ2v) is 9.55. The fourth-order valence-electron chi connectivity index (χ4n) is 5.02. The SMILES string of the molecule is O=C(NCc1ccccc1)C1(Cc2ccccc2)CCN(c2nc3cc(OC(F)F)ccc3c(=O)[nH]2)CC1. The average molecular weight is 519 g/mol. The molecular formula is C29H28F2N4O3. The number of nitrogens with one attached hydrogen (secondary N) is 2. The van der Waals surface area contributed by atoms with Crippen molar-refractivity contribution < 1.29 is 18.3 Å². The number of anilines is 1. The first-order chi connectivity index (χ1) is 18.4. The number of benzene rings is 3. The number of ether oxygens (including phenoxy) is 1. The lowest BCUT2D eigenvalue weighted by Gasteiger charge is -2.41. The Bertz CT molecular complexity index is 1450. The second kappa shape index (κ2) is 11.0. The van der Waals surface area contributed by atoms with E-state index in [0.29, 0.717) is 44.8 Å². The molecule has 0 saturated carbocycles. The van der Waals surface area contributed by atoms with Crippen molar-refractivity contribution in [1.82, 2.24) is 15.3 Å². The van der Waals surface area contributed by atoms with Crippen LogP contribution in [0.15, 0.2) is 83.7 Å². The minimum Gasteiger partial charge on any atom is -0.435 e. The molecule has 0 bridgehead atoms. The highest BCUT2D eigenvalue weighted by Gasteiger charge is 2.41. The molecule has 1 saturated heterocycles. The smallest absolute Gasteiger partial charge is 0.387 e. The Hall–Kier alpha value is -4.27. The van der Waals surface area contributed by atoms with Gasteiger partial charge in [-0.15, -0.1) is 0 Å². The molecule has 38 heavy (non-hydrogen) atoms. The Balaban J connectivity index is 1.36. The molecule has 4 aromatic rings. The van der Waals surface area contributed by atoms with Crippen molar-refractivity contribution in [3.8, 4) is 5.75 Å². The van der Waals surface area contributed by atoms with Crippen molar-refractivity contribution in [2.24, 2.45) is 5.41 Å². The molecule has 1 fully saturated rings. The molecule has 1 aliphatic heterocycles. The maximum atomic E-state index is 13.6. The van der Waals surface area contributed by atoms with Crippen LogP contribution in [0.3, 0.4) is 0 Å². The quantitative estimate of drug-likeness (QED) is 0.354. The van der Waals surface area contributed by atoms with Crippen molar-refractivity contribution in [1.29, 1.82) is 0 Å². The topological polar surface area (TPSA) is 87.3 Å². The fraction of sp³-hybridized carbons (Fsp3) is 0.276. The van der Waals surface area contributed by atoms with Gasteiger partial charge in [0, 0.05) is 25.7 Å². The number of hydrogen-bond acceptors (Lipinski definition) is 5. The van der Waals surface area contributed by atoms with Crippen LogP contribution in [-0.4, -0.2) is 35.6 Å². The number of rotatable bonds is 8. The lowest BCUT2D eigenvalue weighted by atomic mass is 9.73. The molecule has 0 aliphatic carbocycles. The summed E-state index contributed by atoms with van der Waals surface area (Å²) in [5, 5.41) is 3.42. The van der Waals surface area contributed by atoms with Crippen LogP contribution >= 0.6 is 0 Å². The van der Waals surface area contributed by atoms with Gasteiger partial charge in [0.1, 0.15) is 5.75 Å². The van der Waals surface area contributed by atoms with Gasteiger partial charge in [-0.25, -0.2) is 4.98 Å². The zero-order chi connectivity index (χ0) is 26.5. The summed E-state index contributed by atoms with van der Waals surface area (Å²) in [7, 11) is 0. The van der Waals surface area contributed by atoms with E-state index in [2.05, 4.69) is 20.0 Å². The van der Waals surface area contributed by atoms with E-state index in [0.717, 1.165) is 11.1 Å². The van der Waals surface area contributed by atoms with Crippen LogP contribution in [0.25, 0.3) is 10.9 Å². The summed E-state index contributed by atoms with van der Waals surface area (Å²) in [6.07, 6.45) is 1.70. The van der Waals surface area contributed by atoms with Crippen LogP contribution in [0.1, 0.15) is 24.0 Å². The van der Waals surface area contributed by atoms with Crippen LogP contribution in [0.4, 0.5) is 14.7 Å². The average Bonchev–Trinajstić information content (AvgIpc) is 2.92. The summed E-state index contributed by atoms with van der Waals surface area (Å²) in [5.41, 5.74) is 1.39. The highest BCUT2D eigenvalue weighted by Crippen LogP contribution is 2.37. The Morgan fingerprint density at radius 1 is 1.00 bits per heavy atom. The number of H-pyrrole nitrogens is 1. The molecule has 1 amide bonds. The van der Waals surface area contributed by atoms with Gasteiger partial charge in [-0.2, -0.15) is 8.78 Å². The normalized spacial score (nSPS) is 15.0. The zero-order valence-corrected chi connectivity index (χ0v) is 20.7. The number of nitrogens with zero attached hydrogens (tertiary/aromatic N) is 2. The molecule has 196 valence electrons. The second-order valence-electron chi connectivity index (χ2n) is 9.55. The summed E-state index contributed by atoms with van der Waals surface area (Å²) in [5.74, 6) is 0.278. The maximum Gasteiger partial charge on any atom is 0.387 e. The number of amides is 1. The minimum atomic E-state index is -2.97. The van der Waals surface area contributed by atoms with Crippen LogP contribution in [0.5, 0.6) is 5.75 Å². The Morgan fingerprint density at radius 2 is 1.66 bits per heavy atom. The maximum absolute atomic E-state index is 13.6. The number of piperidine rings is 1. The van der Waals surface area contributed by atoms with E-state index in [1.807, 2.05) is 65.6 Å². The highest BCUT2D eigenvalue weighted by molar-refractivity contribution is 5.83. The van der Waals surface area contributed by atoms with E-state index < -0.39 is 12.0 Å². The number of alkyl halides is 2. The summed E-state index contributed by atoms with van der Waals surface area (Å²) < 4.78 is 29.8. The number of carbonyl (C=O) groups excluding carboxylic acids is 1. The predicted molar refractivity (Wildman–Crippen MR) is 141 cm³/mol. The fourth-order valence-corrected chi connectivity index (χ4v) is 5.02. The Labute approximate surface area is 218 Å². The Morgan fingerprint density at radius 3 is 2.32 bits per heavy atom. The molecular weight excluding hydrogens is 490 g/mol. The summed E-state index contributed by atoms with van der Waals surface area (Å²) >= 11 is 0. The van der Waals surface area contributed by atoms with Gasteiger partial charge in [-0.05, 0) is 42.5 Å². The van der Waals surface area contributed by atoms with Gasteiger partial charge in [0.05, 0.1) is 16.3 Å². The van der Waals surface area contributed by atoms with Gasteiger partial charge in [0.15, 0.2) is 0 Å². The molecule has 0 radical (unpaired) electrons. The molecule has 0 spiro atoms. The Kier molecular flexibility index (Phi) is 7.35. The van der Waals surface area contributed by atoms with Crippen LogP contribution < -0.4 is 20.5 Å². The van der Waals surface area contributed by atoms with Gasteiger partial charge in [0.2, 0.25) is 11.9 Å². The largest absolute Gasteiger partial charge is 0.435 e. The molecule has 1 aliphatic rings. The molecule has 0 unspecified atom stereocenters. The number of aromatic amines is 1. The summed E-state index contributed by atoms with van der Waals surface area (Å²) in [4.78, 5) is 35.6. The third-order valence-corrected chi connectivity index (χ3v) is 7.07. The van der Waals surface area contributed by atoms with E-state index in [4.69, 9.17) is 0 Å². The van der Waals surface area contributed by atoms with Crippen molar-refractivity contribution in [3.05, 3.63) is 100 Å². The number of hydrogen-bond donors (Lipinski definition) is 2. The molecule has 3 aromatic carbocycles. The molecule has 0 atom stereocenters. The summed E-state index contributed by atoms with van der Waals surface area (Å²) in [6, 6.07) is 23.8. The molecule has 1 aromatic heterocycles. The van der Waals surface area contributed by atoms with Crippen molar-refractivity contribution in [2.45, 2.75) is 32.4 Å². The third-order valence-electron chi connectivity index (χ3n) is 7.07. The van der Waals surface area contributed by atoms with Crippen molar-refractivity contribution in [2.75, 3.05) is 18.0 Å². The lowest BCUT2D eigenvalue weighted by molar-refractivity contribution is -0.132. The van der Waals surface area contributed by atoms with Gasteiger partial charge in [0.25, 0.3) is 5.56 Å². The van der Waals surface area contributed by atoms with E-state index in [-0.39, 0.29) is 28.1 Å². The van der Waals surface area contributed by atoms with Crippen molar-refractivity contribution >= 4 is 22.8 Å². The molecule has 7 nitrogen and oxygen atoms in total. The molecule has 2 heterocycles. The predicted octanol–water partition coefficient (Wildman–Crippen LogP) is 4.67. The number of fused-ring (bicyclic) bond motifs is 1. The first-order valence-corrected chi connectivity index (χ1v) is 12.5. The van der Waals surface area contributed by atoms with E-state index in [1.54, 1.807) is 0 Å². The van der Waals surface area contributed by atoms with Crippen LogP contribution in [0, 0.1) is 5.41 Å². The molecule has 9 heteroatoms. The van der Waals surface area contributed by atoms with Gasteiger partial charge in [-0.1, -0.05) is 60.7 Å². The minimum absolute atomic E-state index is 0.00129. The third kappa shape index (κ3) is 5.66. The number of carbonyl (C=O) groups is 1. The van der Waals surface area contributed by atoms with Gasteiger partial charge < -0.3 is 15.0 Å². The summed E-state index contributed by atoms with van der Waals surface area (Å²) in [6.45, 7) is -1.54. The van der Waals surface area contributed by atoms with E-state index in [1.165, 1.54) is 18.2 Å². The molecule has 2 N–H and O–H groups in total. The lowest BCUT2D eigenvalue weighted by Crippen LogP contribution is -2.50. The van der Waals surface area contributed by atoms with Gasteiger partial charge >= 0.3 is 6.61 Å². The van der Waals surface area contributed by atoms with Crippen LogP contribution in [0.2, 0.25) is 0 Å². The monoisotopic (exact) mass is 518 g/mol. The first-order valence-electron chi connectivity index (χ1n) is 12.5. The van der Waals surface area contributed by atoms with Crippen LogP contribution in [-0.2, 0) is 17.8 Å².